The molecule has 0 unspecified atom stereocenters. The molecule has 13 heavy (non-hydrogen) atoms. The first-order chi connectivity index (χ1) is 6.19. The first kappa shape index (κ1) is 10.3. The highest BCUT2D eigenvalue weighted by atomic mass is 35.5. The van der Waals surface area contributed by atoms with Gasteiger partial charge in [0.2, 0.25) is 0 Å². The maximum absolute atomic E-state index is 12.4. The number of rotatable bonds is 3. The number of hydrogen-bond acceptors (Lipinski definition) is 2. The van der Waals surface area contributed by atoms with Crippen LogP contribution in [0.2, 0.25) is 0 Å². The smallest absolute Gasteiger partial charge is 0.241 e. The molecule has 0 spiro atoms. The maximum atomic E-state index is 12.4. The van der Waals surface area contributed by atoms with Gasteiger partial charge in [-0.15, -0.1) is 11.6 Å². The molecule has 0 N–H and O–H groups in total. The summed E-state index contributed by atoms with van der Waals surface area (Å²) in [5, 5.41) is 0. The minimum atomic E-state index is -2.58. The Bertz CT molecular complexity index is 291. The zero-order valence-electron chi connectivity index (χ0n) is 7.10. The molecule has 1 aromatic rings. The molecule has 0 radical (unpaired) electrons. The van der Waals surface area contributed by atoms with Gasteiger partial charge >= 0.3 is 0 Å². The van der Waals surface area contributed by atoms with E-state index in [9.17, 15) is 8.78 Å². The fraction of sp³-hybridized carbons (Fsp3) is 0.500. The van der Waals surface area contributed by atoms with Crippen LogP contribution in [-0.2, 0) is 12.3 Å². The molecule has 0 aliphatic heterocycles. The first-order valence-corrected chi connectivity index (χ1v) is 4.41. The third kappa shape index (κ3) is 2.34. The summed E-state index contributed by atoms with van der Waals surface area (Å²) in [6.45, 7) is 1.81. The molecular weight excluding hydrogens is 198 g/mol. The van der Waals surface area contributed by atoms with Crippen LogP contribution in [0.1, 0.15) is 30.4 Å². The van der Waals surface area contributed by atoms with E-state index in [-0.39, 0.29) is 11.6 Å². The molecule has 72 valence electrons. The predicted molar refractivity (Wildman–Crippen MR) is 45.9 cm³/mol. The monoisotopic (exact) mass is 206 g/mol. The van der Waals surface area contributed by atoms with E-state index in [1.165, 1.54) is 6.20 Å². The molecule has 2 nitrogen and oxygen atoms in total. The number of halogens is 3. The molecule has 1 aromatic heterocycles. The van der Waals surface area contributed by atoms with Crippen molar-refractivity contribution in [2.75, 3.05) is 0 Å². The molecule has 0 bridgehead atoms. The molecule has 1 heterocycles. The zero-order valence-corrected chi connectivity index (χ0v) is 7.85. The molecule has 0 amide bonds. The molecule has 0 aromatic carbocycles. The number of nitrogens with zero attached hydrogens (tertiary/aromatic N) is 2. The minimum Gasteiger partial charge on any atom is -0.241 e. The molecular formula is C8H9ClF2N2. The highest BCUT2D eigenvalue weighted by Gasteiger charge is 2.15. The highest BCUT2D eigenvalue weighted by Crippen LogP contribution is 2.21. The summed E-state index contributed by atoms with van der Waals surface area (Å²) in [4.78, 5) is 7.60. The largest absolute Gasteiger partial charge is 0.280 e. The molecule has 5 heteroatoms. The van der Waals surface area contributed by atoms with Crippen LogP contribution in [-0.4, -0.2) is 9.97 Å². The molecule has 0 saturated heterocycles. The standard InChI is InChI=1S/C8H9ClF2N2/c1-2-6-12-4-5(3-9)7(13-6)8(10)11/h4,8H,2-3H2,1H3. The van der Waals surface area contributed by atoms with Gasteiger partial charge in [-0.05, 0) is 0 Å². The van der Waals surface area contributed by atoms with Crippen molar-refractivity contribution in [3.63, 3.8) is 0 Å². The van der Waals surface area contributed by atoms with Crippen LogP contribution in [0.5, 0.6) is 0 Å². The van der Waals surface area contributed by atoms with Crippen molar-refractivity contribution < 1.29 is 8.78 Å². The fourth-order valence-electron chi connectivity index (χ4n) is 0.921. The molecule has 0 fully saturated rings. The Balaban J connectivity index is 3.10. The zero-order chi connectivity index (χ0) is 9.84. The lowest BCUT2D eigenvalue weighted by atomic mass is 10.2. The fourth-order valence-corrected chi connectivity index (χ4v) is 1.13. The summed E-state index contributed by atoms with van der Waals surface area (Å²) in [5.41, 5.74) is 0.0516. The van der Waals surface area contributed by atoms with Gasteiger partial charge in [-0.2, -0.15) is 0 Å². The summed E-state index contributed by atoms with van der Waals surface area (Å²) in [5.74, 6) is 0.438. The second-order valence-electron chi connectivity index (χ2n) is 2.48. The normalized spacial score (nSPS) is 10.8. The summed E-state index contributed by atoms with van der Waals surface area (Å²) < 4.78 is 24.8. The van der Waals surface area contributed by atoms with E-state index in [1.807, 2.05) is 6.92 Å². The minimum absolute atomic E-state index is 0.0175. The van der Waals surface area contributed by atoms with Crippen LogP contribution in [0.4, 0.5) is 8.78 Å². The Morgan fingerprint density at radius 3 is 2.69 bits per heavy atom. The molecule has 0 aliphatic rings. The predicted octanol–water partition coefficient (Wildman–Crippen LogP) is 2.72. The van der Waals surface area contributed by atoms with Gasteiger partial charge in [-0.3, -0.25) is 0 Å². The van der Waals surface area contributed by atoms with Crippen LogP contribution in [0.15, 0.2) is 6.20 Å². The quantitative estimate of drug-likeness (QED) is 0.711. The van der Waals surface area contributed by atoms with Crippen molar-refractivity contribution in [2.45, 2.75) is 25.7 Å². The van der Waals surface area contributed by atoms with Crippen LogP contribution in [0.3, 0.4) is 0 Å². The van der Waals surface area contributed by atoms with Crippen molar-refractivity contribution in [3.8, 4) is 0 Å². The van der Waals surface area contributed by atoms with Crippen molar-refractivity contribution in [1.29, 1.82) is 0 Å². The average Bonchev–Trinajstić information content (AvgIpc) is 2.16. The van der Waals surface area contributed by atoms with E-state index in [2.05, 4.69) is 9.97 Å². The third-order valence-corrected chi connectivity index (χ3v) is 1.90. The third-order valence-electron chi connectivity index (χ3n) is 1.61. The van der Waals surface area contributed by atoms with E-state index in [1.54, 1.807) is 0 Å². The Hall–Kier alpha value is -0.770. The highest BCUT2D eigenvalue weighted by molar-refractivity contribution is 6.17. The van der Waals surface area contributed by atoms with Crippen molar-refractivity contribution in [1.82, 2.24) is 9.97 Å². The van der Waals surface area contributed by atoms with Crippen LogP contribution in [0.25, 0.3) is 0 Å². The van der Waals surface area contributed by atoms with Gasteiger partial charge in [-0.25, -0.2) is 18.7 Å². The Morgan fingerprint density at radius 2 is 2.23 bits per heavy atom. The van der Waals surface area contributed by atoms with Crippen molar-refractivity contribution >= 4 is 11.6 Å². The molecule has 0 saturated carbocycles. The number of alkyl halides is 3. The topological polar surface area (TPSA) is 25.8 Å². The first-order valence-electron chi connectivity index (χ1n) is 3.87. The van der Waals surface area contributed by atoms with E-state index < -0.39 is 6.43 Å². The Kier molecular flexibility index (Phi) is 3.54. The average molecular weight is 207 g/mol. The van der Waals surface area contributed by atoms with E-state index >= 15 is 0 Å². The molecule has 0 atom stereocenters. The van der Waals surface area contributed by atoms with Crippen LogP contribution < -0.4 is 0 Å². The van der Waals surface area contributed by atoms with Crippen LogP contribution in [0, 0.1) is 0 Å². The second-order valence-corrected chi connectivity index (χ2v) is 2.75. The molecule has 0 aliphatic carbocycles. The van der Waals surface area contributed by atoms with Crippen LogP contribution >= 0.6 is 11.6 Å². The second kappa shape index (κ2) is 4.46. The van der Waals surface area contributed by atoms with E-state index in [4.69, 9.17) is 11.6 Å². The van der Waals surface area contributed by atoms with Crippen molar-refractivity contribution in [2.24, 2.45) is 0 Å². The summed E-state index contributed by atoms with van der Waals surface area (Å²) in [6, 6.07) is 0. The lowest BCUT2D eigenvalue weighted by molar-refractivity contribution is 0.144. The molecule has 1 rings (SSSR count). The van der Waals surface area contributed by atoms with E-state index in [0.29, 0.717) is 17.8 Å². The summed E-state index contributed by atoms with van der Waals surface area (Å²) in [6.07, 6.45) is -0.676. The van der Waals surface area contributed by atoms with Gasteiger partial charge < -0.3 is 0 Å². The number of aryl methyl sites for hydroxylation is 1. The lowest BCUT2D eigenvalue weighted by Gasteiger charge is -2.05. The summed E-state index contributed by atoms with van der Waals surface area (Å²) in [7, 11) is 0. The van der Waals surface area contributed by atoms with Gasteiger partial charge in [0.25, 0.3) is 6.43 Å². The SMILES string of the molecule is CCc1ncc(CCl)c(C(F)F)n1. The van der Waals surface area contributed by atoms with Crippen molar-refractivity contribution in [3.05, 3.63) is 23.3 Å². The summed E-state index contributed by atoms with van der Waals surface area (Å²) >= 11 is 5.46. The van der Waals surface area contributed by atoms with Gasteiger partial charge in [0.1, 0.15) is 11.5 Å². The van der Waals surface area contributed by atoms with Gasteiger partial charge in [0.15, 0.2) is 0 Å². The Morgan fingerprint density at radius 1 is 1.54 bits per heavy atom. The van der Waals surface area contributed by atoms with Gasteiger partial charge in [0, 0.05) is 18.2 Å². The van der Waals surface area contributed by atoms with Gasteiger partial charge in [0.05, 0.1) is 5.88 Å². The number of aromatic nitrogens is 2. The van der Waals surface area contributed by atoms with Gasteiger partial charge in [-0.1, -0.05) is 6.92 Å². The number of hydrogen-bond donors (Lipinski definition) is 0. The van der Waals surface area contributed by atoms with E-state index in [0.717, 1.165) is 0 Å². The lowest BCUT2D eigenvalue weighted by Crippen LogP contribution is -2.02. The Labute approximate surface area is 80.0 Å². The maximum Gasteiger partial charge on any atom is 0.280 e.